The molecule has 2 N–H and O–H groups in total. The van der Waals surface area contributed by atoms with Crippen LogP contribution in [0.15, 0.2) is 42.7 Å². The number of hydrogen-bond acceptors (Lipinski definition) is 5. The standard InChI is InChI=1S/C21H23N5O2/c1-3-26-13-18(16-9-11-22-20-17(16)10-12-23-20)19(25-26)14-5-7-15(8-6-14)24-21(27)28-4-2/h5-9,11,13H,3-4,10,12H2,1-2H3,(H,22,23)(H,24,27). The Hall–Kier alpha value is -3.35. The van der Waals surface area contributed by atoms with Crippen molar-refractivity contribution in [3.63, 3.8) is 0 Å². The number of anilines is 2. The molecule has 28 heavy (non-hydrogen) atoms. The van der Waals surface area contributed by atoms with Crippen LogP contribution >= 0.6 is 0 Å². The molecule has 7 heteroatoms. The van der Waals surface area contributed by atoms with Crippen LogP contribution in [0.5, 0.6) is 0 Å². The molecule has 0 aliphatic carbocycles. The Bertz CT molecular complexity index is 995. The summed E-state index contributed by atoms with van der Waals surface area (Å²) in [5.41, 5.74) is 6.10. The maximum atomic E-state index is 11.6. The first-order chi connectivity index (χ1) is 13.7. The lowest BCUT2D eigenvalue weighted by molar-refractivity contribution is 0.168. The van der Waals surface area contributed by atoms with Crippen molar-refractivity contribution in [1.82, 2.24) is 14.8 Å². The molecule has 1 aliphatic heterocycles. The maximum Gasteiger partial charge on any atom is 0.411 e. The van der Waals surface area contributed by atoms with Crippen molar-refractivity contribution in [2.75, 3.05) is 23.8 Å². The van der Waals surface area contributed by atoms with Gasteiger partial charge in [0.15, 0.2) is 0 Å². The molecule has 0 atom stereocenters. The number of aromatic nitrogens is 3. The number of amides is 1. The van der Waals surface area contributed by atoms with E-state index in [4.69, 9.17) is 9.84 Å². The molecular formula is C21H23N5O2. The lowest BCUT2D eigenvalue weighted by Crippen LogP contribution is -2.13. The molecular weight excluding hydrogens is 354 g/mol. The zero-order valence-electron chi connectivity index (χ0n) is 16.0. The summed E-state index contributed by atoms with van der Waals surface area (Å²) in [6, 6.07) is 9.71. The van der Waals surface area contributed by atoms with Crippen molar-refractivity contribution in [1.29, 1.82) is 0 Å². The number of benzene rings is 1. The summed E-state index contributed by atoms with van der Waals surface area (Å²) in [5, 5.41) is 10.8. The maximum absolute atomic E-state index is 11.6. The van der Waals surface area contributed by atoms with Gasteiger partial charge >= 0.3 is 6.09 Å². The number of aryl methyl sites for hydroxylation is 1. The molecule has 0 bridgehead atoms. The van der Waals surface area contributed by atoms with Gasteiger partial charge in [0.05, 0.1) is 6.61 Å². The molecule has 3 heterocycles. The second kappa shape index (κ2) is 7.72. The normalized spacial score (nSPS) is 12.4. The molecule has 0 unspecified atom stereocenters. The predicted octanol–water partition coefficient (Wildman–Crippen LogP) is 4.17. The van der Waals surface area contributed by atoms with Gasteiger partial charge in [-0.2, -0.15) is 5.10 Å². The molecule has 3 aromatic rings. The Labute approximate surface area is 163 Å². The Kier molecular flexibility index (Phi) is 4.97. The van der Waals surface area contributed by atoms with E-state index in [1.165, 1.54) is 11.1 Å². The molecule has 0 radical (unpaired) electrons. The van der Waals surface area contributed by atoms with Crippen molar-refractivity contribution < 1.29 is 9.53 Å². The Morgan fingerprint density at radius 2 is 2.04 bits per heavy atom. The van der Waals surface area contributed by atoms with E-state index >= 15 is 0 Å². The van der Waals surface area contributed by atoms with Gasteiger partial charge in [-0.25, -0.2) is 9.78 Å². The van der Waals surface area contributed by atoms with Crippen LogP contribution in [0.1, 0.15) is 19.4 Å². The fourth-order valence-electron chi connectivity index (χ4n) is 3.45. The van der Waals surface area contributed by atoms with Gasteiger partial charge in [-0.1, -0.05) is 12.1 Å². The summed E-state index contributed by atoms with van der Waals surface area (Å²) in [4.78, 5) is 16.0. The van der Waals surface area contributed by atoms with Crippen LogP contribution in [0.4, 0.5) is 16.3 Å². The SMILES string of the molecule is CCOC(=O)Nc1ccc(-c2nn(CC)cc2-c2ccnc3c2CCN3)cc1. The van der Waals surface area contributed by atoms with Crippen molar-refractivity contribution in [2.24, 2.45) is 0 Å². The summed E-state index contributed by atoms with van der Waals surface area (Å²) in [6.07, 6.45) is 4.43. The van der Waals surface area contributed by atoms with Crippen LogP contribution in [0.3, 0.4) is 0 Å². The smallest absolute Gasteiger partial charge is 0.411 e. The minimum Gasteiger partial charge on any atom is -0.450 e. The summed E-state index contributed by atoms with van der Waals surface area (Å²) in [5.74, 6) is 0.960. The molecule has 0 spiro atoms. The summed E-state index contributed by atoms with van der Waals surface area (Å²) in [7, 11) is 0. The third-order valence-corrected chi connectivity index (χ3v) is 4.78. The van der Waals surface area contributed by atoms with E-state index in [2.05, 4.69) is 34.8 Å². The average Bonchev–Trinajstić information content (AvgIpc) is 3.35. The molecule has 1 aromatic carbocycles. The van der Waals surface area contributed by atoms with Crippen molar-refractivity contribution >= 4 is 17.6 Å². The topological polar surface area (TPSA) is 81.1 Å². The number of fused-ring (bicyclic) bond motifs is 1. The number of hydrogen-bond donors (Lipinski definition) is 2. The summed E-state index contributed by atoms with van der Waals surface area (Å²) < 4.78 is 6.87. The average molecular weight is 377 g/mol. The fraction of sp³-hybridized carbons (Fsp3) is 0.286. The lowest BCUT2D eigenvalue weighted by Gasteiger charge is -2.09. The first kappa shape index (κ1) is 18.0. The lowest BCUT2D eigenvalue weighted by atomic mass is 9.97. The number of pyridine rings is 1. The van der Waals surface area contributed by atoms with E-state index in [9.17, 15) is 4.79 Å². The largest absolute Gasteiger partial charge is 0.450 e. The second-order valence-electron chi connectivity index (χ2n) is 6.53. The Morgan fingerprint density at radius 1 is 1.21 bits per heavy atom. The van der Waals surface area contributed by atoms with Gasteiger partial charge in [-0.15, -0.1) is 0 Å². The van der Waals surface area contributed by atoms with E-state index in [1.807, 2.05) is 35.1 Å². The highest BCUT2D eigenvalue weighted by Gasteiger charge is 2.21. The molecule has 2 aromatic heterocycles. The van der Waals surface area contributed by atoms with Crippen molar-refractivity contribution in [3.8, 4) is 22.4 Å². The molecule has 0 saturated carbocycles. The molecule has 1 amide bonds. The number of rotatable bonds is 5. The third-order valence-electron chi connectivity index (χ3n) is 4.78. The van der Waals surface area contributed by atoms with Gasteiger partial charge in [0.25, 0.3) is 0 Å². The highest BCUT2D eigenvalue weighted by atomic mass is 16.5. The van der Waals surface area contributed by atoms with Crippen LogP contribution in [0.25, 0.3) is 22.4 Å². The van der Waals surface area contributed by atoms with E-state index in [0.717, 1.165) is 42.1 Å². The summed E-state index contributed by atoms with van der Waals surface area (Å²) in [6.45, 7) is 5.89. The van der Waals surface area contributed by atoms with Gasteiger partial charge in [-0.3, -0.25) is 10.00 Å². The zero-order chi connectivity index (χ0) is 19.5. The van der Waals surface area contributed by atoms with Crippen LogP contribution < -0.4 is 10.6 Å². The van der Waals surface area contributed by atoms with E-state index in [1.54, 1.807) is 6.92 Å². The molecule has 1 aliphatic rings. The molecule has 7 nitrogen and oxygen atoms in total. The van der Waals surface area contributed by atoms with Gasteiger partial charge in [-0.05, 0) is 44.0 Å². The number of ether oxygens (including phenoxy) is 1. The Morgan fingerprint density at radius 3 is 2.79 bits per heavy atom. The highest BCUT2D eigenvalue weighted by Crippen LogP contribution is 2.37. The van der Waals surface area contributed by atoms with Crippen molar-refractivity contribution in [2.45, 2.75) is 26.8 Å². The van der Waals surface area contributed by atoms with Crippen LogP contribution in [0, 0.1) is 0 Å². The summed E-state index contributed by atoms with van der Waals surface area (Å²) >= 11 is 0. The number of nitrogens with zero attached hydrogens (tertiary/aromatic N) is 3. The number of nitrogens with one attached hydrogen (secondary N) is 2. The number of carbonyl (C=O) groups is 1. The van der Waals surface area contributed by atoms with Gasteiger partial charge in [0, 0.05) is 47.9 Å². The van der Waals surface area contributed by atoms with Crippen LogP contribution in [-0.4, -0.2) is 34.0 Å². The van der Waals surface area contributed by atoms with Crippen LogP contribution in [0.2, 0.25) is 0 Å². The van der Waals surface area contributed by atoms with E-state index < -0.39 is 6.09 Å². The zero-order valence-corrected chi connectivity index (χ0v) is 16.0. The van der Waals surface area contributed by atoms with Gasteiger partial charge in [0.1, 0.15) is 11.5 Å². The van der Waals surface area contributed by atoms with Crippen molar-refractivity contribution in [3.05, 3.63) is 48.3 Å². The molecule has 144 valence electrons. The van der Waals surface area contributed by atoms with E-state index in [-0.39, 0.29) is 0 Å². The minimum absolute atomic E-state index is 0.340. The third kappa shape index (κ3) is 3.43. The van der Waals surface area contributed by atoms with E-state index in [0.29, 0.717) is 12.3 Å². The van der Waals surface area contributed by atoms with Gasteiger partial charge in [0.2, 0.25) is 0 Å². The number of carbonyl (C=O) groups excluding carboxylic acids is 1. The minimum atomic E-state index is -0.453. The van der Waals surface area contributed by atoms with Crippen LogP contribution in [-0.2, 0) is 17.7 Å². The predicted molar refractivity (Wildman–Crippen MR) is 109 cm³/mol. The molecule has 0 fully saturated rings. The second-order valence-corrected chi connectivity index (χ2v) is 6.53. The first-order valence-corrected chi connectivity index (χ1v) is 9.53. The fourth-order valence-corrected chi connectivity index (χ4v) is 3.45. The Balaban J connectivity index is 1.70. The molecule has 4 rings (SSSR count). The monoisotopic (exact) mass is 377 g/mol. The first-order valence-electron chi connectivity index (χ1n) is 9.53. The molecule has 0 saturated heterocycles. The van der Waals surface area contributed by atoms with Gasteiger partial charge < -0.3 is 10.1 Å². The highest BCUT2D eigenvalue weighted by molar-refractivity contribution is 5.87. The quantitative estimate of drug-likeness (QED) is 0.697.